The van der Waals surface area contributed by atoms with E-state index >= 15 is 0 Å². The third-order valence-electron chi connectivity index (χ3n) is 8.50. The number of aliphatic hydroxyl groups is 1. The molecule has 2 amide bonds. The molecule has 3 aromatic rings. The molecule has 0 aliphatic carbocycles. The molecule has 260 valence electrons. The van der Waals surface area contributed by atoms with E-state index in [4.69, 9.17) is 21.1 Å². The monoisotopic (exact) mass is 699 g/mol. The van der Waals surface area contributed by atoms with E-state index in [2.05, 4.69) is 5.32 Å². The van der Waals surface area contributed by atoms with Crippen molar-refractivity contribution in [3.05, 3.63) is 88.9 Å². The van der Waals surface area contributed by atoms with Crippen LogP contribution in [0.25, 0.3) is 0 Å². The molecule has 1 aliphatic heterocycles. The number of amides is 2. The number of ether oxygens (including phenoxy) is 2. The fourth-order valence-corrected chi connectivity index (χ4v) is 6.90. The van der Waals surface area contributed by atoms with Crippen molar-refractivity contribution >= 4 is 39.1 Å². The van der Waals surface area contributed by atoms with Gasteiger partial charge in [-0.2, -0.15) is 4.31 Å². The van der Waals surface area contributed by atoms with E-state index in [0.29, 0.717) is 29.5 Å². The zero-order valence-electron chi connectivity index (χ0n) is 28.0. The largest absolute Gasteiger partial charge is 0.490 e. The molecule has 1 heterocycles. The third kappa shape index (κ3) is 10.0. The fourth-order valence-electron chi connectivity index (χ4n) is 5.59. The van der Waals surface area contributed by atoms with Crippen LogP contribution in [0.5, 0.6) is 5.75 Å². The summed E-state index contributed by atoms with van der Waals surface area (Å²) < 4.78 is 40.7. The highest BCUT2D eigenvalue weighted by atomic mass is 35.5. The van der Waals surface area contributed by atoms with Gasteiger partial charge in [0, 0.05) is 43.4 Å². The highest BCUT2D eigenvalue weighted by molar-refractivity contribution is 7.89. The van der Waals surface area contributed by atoms with Crippen LogP contribution in [0.4, 0.5) is 5.69 Å². The standard InChI is InChI=1S/C36H46ClN3O7S/c1-25-22-40(26(2)24-41)36(43)32-21-30(38-35(42)20-28-11-6-5-7-12-28)15-18-33(32)47-27(3)10-8-9-19-46-34(25)23-39(4)48(44,45)31-16-13-29(37)14-17-31/h5-7,11-18,21,25-27,34,41H,8-10,19-20,22-24H2,1-4H3,(H,38,42)/t25-,26-,27-,34+/m1/s1. The molecule has 0 fully saturated rings. The van der Waals surface area contributed by atoms with E-state index in [1.54, 1.807) is 30.0 Å². The molecule has 3 aromatic carbocycles. The van der Waals surface area contributed by atoms with E-state index in [9.17, 15) is 23.1 Å². The smallest absolute Gasteiger partial charge is 0.258 e. The second kappa shape index (κ2) is 17.3. The summed E-state index contributed by atoms with van der Waals surface area (Å²) in [7, 11) is -2.34. The Kier molecular flexibility index (Phi) is 13.4. The van der Waals surface area contributed by atoms with Gasteiger partial charge in [-0.25, -0.2) is 8.42 Å². The lowest BCUT2D eigenvalue weighted by Crippen LogP contribution is -2.48. The van der Waals surface area contributed by atoms with Gasteiger partial charge in [0.15, 0.2) is 0 Å². The van der Waals surface area contributed by atoms with Gasteiger partial charge in [0.1, 0.15) is 5.75 Å². The Hall–Kier alpha value is -3.48. The number of benzene rings is 3. The summed E-state index contributed by atoms with van der Waals surface area (Å²) in [4.78, 5) is 28.9. The number of hydrogen-bond donors (Lipinski definition) is 2. The number of hydrogen-bond acceptors (Lipinski definition) is 7. The Morgan fingerprint density at radius 1 is 1.08 bits per heavy atom. The molecule has 1 aliphatic rings. The number of anilines is 1. The lowest BCUT2D eigenvalue weighted by Gasteiger charge is -2.35. The number of aliphatic hydroxyl groups excluding tert-OH is 1. The van der Waals surface area contributed by atoms with Gasteiger partial charge < -0.3 is 24.8 Å². The van der Waals surface area contributed by atoms with Gasteiger partial charge in [-0.15, -0.1) is 0 Å². The SMILES string of the molecule is C[C@@H]1CCCCO[C@@H](CN(C)S(=O)(=O)c2ccc(Cl)cc2)[C@H](C)CN([C@H](C)CO)C(=O)c2cc(NC(=O)Cc3ccccc3)ccc2O1. The Morgan fingerprint density at radius 2 is 1.79 bits per heavy atom. The van der Waals surface area contributed by atoms with Crippen LogP contribution in [0.3, 0.4) is 0 Å². The van der Waals surface area contributed by atoms with Crippen LogP contribution in [0, 0.1) is 5.92 Å². The number of rotatable bonds is 9. The number of carbonyl (C=O) groups excluding carboxylic acids is 2. The molecule has 0 unspecified atom stereocenters. The van der Waals surface area contributed by atoms with Crippen LogP contribution in [-0.2, 0) is 26.0 Å². The molecular weight excluding hydrogens is 654 g/mol. The van der Waals surface area contributed by atoms with E-state index in [1.807, 2.05) is 44.2 Å². The first-order valence-corrected chi connectivity index (χ1v) is 18.1. The number of nitrogens with one attached hydrogen (secondary N) is 1. The highest BCUT2D eigenvalue weighted by Crippen LogP contribution is 2.29. The summed E-state index contributed by atoms with van der Waals surface area (Å²) in [5.74, 6) is -0.556. The zero-order chi connectivity index (χ0) is 34.8. The van der Waals surface area contributed by atoms with Gasteiger partial charge in [0.25, 0.3) is 5.91 Å². The van der Waals surface area contributed by atoms with Crippen molar-refractivity contribution in [2.24, 2.45) is 5.92 Å². The minimum atomic E-state index is -3.84. The summed E-state index contributed by atoms with van der Waals surface area (Å²) in [5, 5.41) is 13.6. The highest BCUT2D eigenvalue weighted by Gasteiger charge is 2.32. The number of nitrogens with zero attached hydrogens (tertiary/aromatic N) is 2. The van der Waals surface area contributed by atoms with E-state index in [0.717, 1.165) is 18.4 Å². The minimum Gasteiger partial charge on any atom is -0.490 e. The van der Waals surface area contributed by atoms with Gasteiger partial charge in [-0.3, -0.25) is 9.59 Å². The normalized spacial score (nSPS) is 20.4. The summed E-state index contributed by atoms with van der Waals surface area (Å²) in [6, 6.07) is 19.8. The van der Waals surface area contributed by atoms with Gasteiger partial charge in [0.2, 0.25) is 15.9 Å². The summed E-state index contributed by atoms with van der Waals surface area (Å²) in [5.41, 5.74) is 1.56. The second-order valence-electron chi connectivity index (χ2n) is 12.5. The summed E-state index contributed by atoms with van der Waals surface area (Å²) >= 11 is 5.98. The van der Waals surface area contributed by atoms with E-state index in [1.165, 1.54) is 35.6 Å². The number of likely N-dealkylation sites (N-methyl/N-ethyl adjacent to an activating group) is 1. The van der Waals surface area contributed by atoms with Gasteiger partial charge in [-0.05, 0) is 81.1 Å². The van der Waals surface area contributed by atoms with E-state index in [-0.39, 0.29) is 60.4 Å². The molecule has 48 heavy (non-hydrogen) atoms. The predicted molar refractivity (Wildman–Crippen MR) is 187 cm³/mol. The summed E-state index contributed by atoms with van der Waals surface area (Å²) in [6.45, 7) is 5.91. The quantitative estimate of drug-likeness (QED) is 0.296. The molecule has 4 atom stereocenters. The minimum absolute atomic E-state index is 0.0510. The fraction of sp³-hybridized carbons (Fsp3) is 0.444. The third-order valence-corrected chi connectivity index (χ3v) is 10.6. The molecule has 0 bridgehead atoms. The van der Waals surface area contributed by atoms with Crippen LogP contribution >= 0.6 is 11.6 Å². The number of halogens is 1. The molecule has 2 N–H and O–H groups in total. The average molecular weight is 700 g/mol. The van der Waals surface area contributed by atoms with Crippen molar-refractivity contribution in [2.45, 2.75) is 69.6 Å². The molecule has 0 radical (unpaired) electrons. The lowest BCUT2D eigenvalue weighted by molar-refractivity contribution is -0.115. The van der Waals surface area contributed by atoms with Crippen LogP contribution < -0.4 is 10.1 Å². The Balaban J connectivity index is 1.62. The Labute approximate surface area is 289 Å². The second-order valence-corrected chi connectivity index (χ2v) is 14.9. The molecule has 0 saturated heterocycles. The molecular formula is C36H46ClN3O7S. The Morgan fingerprint density at radius 3 is 2.48 bits per heavy atom. The van der Waals surface area contributed by atoms with Gasteiger partial charge in [0.05, 0.1) is 41.7 Å². The van der Waals surface area contributed by atoms with Crippen LogP contribution in [0.15, 0.2) is 77.7 Å². The van der Waals surface area contributed by atoms with Crippen molar-refractivity contribution in [1.82, 2.24) is 9.21 Å². The van der Waals surface area contributed by atoms with Gasteiger partial charge in [-0.1, -0.05) is 48.9 Å². The van der Waals surface area contributed by atoms with Gasteiger partial charge >= 0.3 is 0 Å². The Bertz CT molecular complexity index is 1620. The van der Waals surface area contributed by atoms with Crippen molar-refractivity contribution in [3.63, 3.8) is 0 Å². The number of carbonyl (C=O) groups is 2. The van der Waals surface area contributed by atoms with Crippen LogP contribution in [-0.4, -0.2) is 86.1 Å². The van der Waals surface area contributed by atoms with Crippen molar-refractivity contribution in [2.75, 3.05) is 38.7 Å². The molecule has 10 nitrogen and oxygen atoms in total. The lowest BCUT2D eigenvalue weighted by atomic mass is 10.0. The molecule has 0 spiro atoms. The van der Waals surface area contributed by atoms with Crippen molar-refractivity contribution in [1.29, 1.82) is 0 Å². The molecule has 12 heteroatoms. The topological polar surface area (TPSA) is 125 Å². The predicted octanol–water partition coefficient (Wildman–Crippen LogP) is 5.64. The first-order chi connectivity index (χ1) is 22.9. The zero-order valence-corrected chi connectivity index (χ0v) is 29.5. The average Bonchev–Trinajstić information content (AvgIpc) is 3.06. The maximum Gasteiger partial charge on any atom is 0.258 e. The molecule has 0 saturated carbocycles. The first kappa shape index (κ1) is 37.3. The van der Waals surface area contributed by atoms with Crippen molar-refractivity contribution < 1.29 is 32.6 Å². The van der Waals surface area contributed by atoms with Crippen LogP contribution in [0.2, 0.25) is 5.02 Å². The van der Waals surface area contributed by atoms with Crippen molar-refractivity contribution in [3.8, 4) is 5.75 Å². The molecule has 4 rings (SSSR count). The maximum absolute atomic E-state index is 14.4. The van der Waals surface area contributed by atoms with E-state index < -0.39 is 22.2 Å². The molecule has 0 aromatic heterocycles. The van der Waals surface area contributed by atoms with Crippen LogP contribution in [0.1, 0.15) is 56.0 Å². The first-order valence-electron chi connectivity index (χ1n) is 16.3. The number of fused-ring (bicyclic) bond motifs is 1. The maximum atomic E-state index is 14.4. The number of sulfonamides is 1. The summed E-state index contributed by atoms with van der Waals surface area (Å²) in [6.07, 6.45) is 1.64.